The number of aryl methyl sites for hydroxylation is 4. The van der Waals surface area contributed by atoms with Gasteiger partial charge in [0.25, 0.3) is 0 Å². The molecule has 0 spiro atoms. The van der Waals surface area contributed by atoms with Crippen LogP contribution in [0, 0.1) is 27.7 Å². The first-order chi connectivity index (χ1) is 35.1. The highest BCUT2D eigenvalue weighted by Crippen LogP contribution is 2.29. The zero-order chi connectivity index (χ0) is 55.0. The topological polar surface area (TPSA) is 198 Å². The Hall–Kier alpha value is -4.73. The van der Waals surface area contributed by atoms with Gasteiger partial charge in [0.1, 0.15) is 34.3 Å². The van der Waals surface area contributed by atoms with E-state index in [-0.39, 0.29) is 37.5 Å². The van der Waals surface area contributed by atoms with Gasteiger partial charge in [-0.2, -0.15) is 0 Å². The fourth-order valence-corrected chi connectivity index (χ4v) is 9.08. The Bertz CT molecular complexity index is 2890. The first-order valence-electron chi connectivity index (χ1n) is 24.9. The van der Waals surface area contributed by atoms with Gasteiger partial charge >= 0.3 is 0 Å². The summed E-state index contributed by atoms with van der Waals surface area (Å²) >= 11 is 20.9. The molecule has 0 bridgehead atoms. The van der Waals surface area contributed by atoms with Gasteiger partial charge in [0.15, 0.2) is 21.8 Å². The van der Waals surface area contributed by atoms with Gasteiger partial charge in [-0.3, -0.25) is 19.4 Å². The predicted molar refractivity (Wildman–Crippen MR) is 270 cm³/mol. The number of aliphatic hydroxyl groups is 2. The Labute approximate surface area is 425 Å². The molecule has 4 aromatic heterocycles. The summed E-state index contributed by atoms with van der Waals surface area (Å²) < 4.78 is 59.4. The second kappa shape index (κ2) is 25.6. The van der Waals surface area contributed by atoms with Crippen LogP contribution in [0.15, 0.2) is 60.9 Å². The van der Waals surface area contributed by atoms with Crippen molar-refractivity contribution in [2.24, 2.45) is 0 Å². The number of benzene rings is 2. The number of carbonyl (C=O) groups is 2. The highest BCUT2D eigenvalue weighted by atomic mass is 35.5. The average molecular weight is 1020 g/mol. The van der Waals surface area contributed by atoms with Crippen LogP contribution in [0.1, 0.15) is 64.2 Å². The third-order valence-electron chi connectivity index (χ3n) is 10.2. The molecule has 2 aromatic carbocycles. The van der Waals surface area contributed by atoms with Crippen molar-refractivity contribution in [3.8, 4) is 0 Å². The van der Waals surface area contributed by atoms with Crippen molar-refractivity contribution in [3.63, 3.8) is 0 Å². The molecule has 6 heterocycles. The number of β-amino-alcohol motifs (C(OH)–C–C–N with tert-alkyl or cyclic N) is 2. The van der Waals surface area contributed by atoms with E-state index in [1.165, 1.54) is 38.7 Å². The van der Waals surface area contributed by atoms with E-state index in [1.54, 1.807) is 44.3 Å². The molecule has 356 valence electrons. The van der Waals surface area contributed by atoms with Crippen LogP contribution in [0.4, 0.5) is 27.7 Å². The van der Waals surface area contributed by atoms with Crippen molar-refractivity contribution in [2.45, 2.75) is 40.5 Å². The zero-order valence-corrected chi connectivity index (χ0v) is 40.9. The lowest BCUT2D eigenvalue weighted by molar-refractivity contribution is 0.0988. The van der Waals surface area contributed by atoms with E-state index in [4.69, 9.17) is 50.9 Å². The number of halogens is 3. The third-order valence-corrected chi connectivity index (χ3v) is 13.0. The summed E-state index contributed by atoms with van der Waals surface area (Å²) in [7, 11) is 0. The second-order valence-electron chi connectivity index (χ2n) is 15.0. The lowest BCUT2D eigenvalue weighted by Crippen LogP contribution is -2.47. The molecule has 8 rings (SSSR count). The van der Waals surface area contributed by atoms with E-state index in [0.29, 0.717) is 104 Å². The average Bonchev–Trinajstić information content (AvgIpc) is 4.01. The molecule has 0 aliphatic carbocycles. The zero-order valence-electron chi connectivity index (χ0n) is 45.0. The van der Waals surface area contributed by atoms with Crippen LogP contribution in [-0.2, 0) is 12.8 Å². The van der Waals surface area contributed by atoms with Gasteiger partial charge in [0.2, 0.25) is 0 Å². The van der Waals surface area contributed by atoms with Crippen LogP contribution in [0.25, 0.3) is 0 Å². The van der Waals surface area contributed by atoms with Crippen molar-refractivity contribution < 1.29 is 30.8 Å². The van der Waals surface area contributed by atoms with Crippen LogP contribution < -0.4 is 20.9 Å². The first-order valence-corrected chi connectivity index (χ1v) is 23.7. The molecule has 0 unspecified atom stereocenters. The van der Waals surface area contributed by atoms with Crippen molar-refractivity contribution >= 4 is 96.8 Å². The number of piperazine rings is 2. The fourth-order valence-electron chi connectivity index (χ4n) is 6.76. The lowest BCUT2D eigenvalue weighted by Gasteiger charge is -2.35. The molecule has 5 N–H and O–H groups in total. The summed E-state index contributed by atoms with van der Waals surface area (Å²) in [5.41, 5.74) is 3.60. The van der Waals surface area contributed by atoms with Gasteiger partial charge < -0.3 is 31.1 Å². The largest absolute Gasteiger partial charge is 0.395 e. The number of hydrogen-bond acceptors (Lipinski definition) is 18. The van der Waals surface area contributed by atoms with E-state index in [0.717, 1.165) is 22.3 Å². The molecular formula is C46H55Cl3N12O4S2. The highest BCUT2D eigenvalue weighted by Gasteiger charge is 2.20. The second-order valence-corrected chi connectivity index (χ2v) is 18.3. The first kappa shape index (κ1) is 41.3. The molecule has 2 fully saturated rings. The number of nitrogens with zero attached hydrogens (tertiary/aromatic N) is 9. The number of aromatic nitrogens is 6. The minimum absolute atomic E-state index is 0.0290. The highest BCUT2D eigenvalue weighted by molar-refractivity contribution is 7.17. The Morgan fingerprint density at radius 3 is 1.64 bits per heavy atom. The Balaban J connectivity index is 0.000000206. The molecule has 2 aliphatic rings. The monoisotopic (exact) mass is 1020 g/mol. The van der Waals surface area contributed by atoms with Crippen molar-refractivity contribution in [3.05, 3.63) is 120 Å². The Kier molecular flexibility index (Phi) is 15.8. The quantitative estimate of drug-likeness (QED) is 0.0504. The number of nitrogens with one attached hydrogen (secondary N) is 3. The van der Waals surface area contributed by atoms with E-state index in [9.17, 15) is 14.7 Å². The van der Waals surface area contributed by atoms with Crippen LogP contribution in [-0.4, -0.2) is 140 Å². The molecule has 21 heteroatoms. The molecule has 0 saturated carbocycles. The standard InChI is InChI=1S/C23H27ClN6O2S.C17H14Cl2N4OS.C6H14N2O/c1-15-4-3-5-18(24)17(15)12-19(32)20-14-25-23(33-20)28-21-13-22(27-16(2)26-21)30-8-6-29(7-9-30)10-11-31;1-9-4-3-5-12(18)11(9)6-13(24)14-8-20-17(25-14)23-16-7-15(19)21-10(2)22-16;9-6-5-8-3-1-7-2-4-8/h3-5,13-14,31H,6-12H2,1-2H3,(H,25,26,27,28);3-5,7-8H,6H2,1-2H3,(H,20,21,22,23);7,9H,1-6H2/i10D2,11D2;;5D2,6D2. The van der Waals surface area contributed by atoms with Gasteiger partial charge in [-0.1, -0.05) is 81.7 Å². The number of rotatable bonds is 15. The van der Waals surface area contributed by atoms with Gasteiger partial charge in [-0.25, -0.2) is 29.9 Å². The van der Waals surface area contributed by atoms with Crippen LogP contribution in [0.5, 0.6) is 0 Å². The maximum Gasteiger partial charge on any atom is 0.188 e. The summed E-state index contributed by atoms with van der Waals surface area (Å²) in [5, 5.41) is 30.3. The molecular weight excluding hydrogens is 955 g/mol. The van der Waals surface area contributed by atoms with Crippen molar-refractivity contribution in [2.75, 3.05) is 94.0 Å². The van der Waals surface area contributed by atoms with Crippen molar-refractivity contribution in [1.29, 1.82) is 0 Å². The predicted octanol–water partition coefficient (Wildman–Crippen LogP) is 7.40. The molecule has 16 nitrogen and oxygen atoms in total. The number of Topliss-reactive ketones (excluding diaryl/α,β-unsaturated/α-hetero) is 2. The Morgan fingerprint density at radius 1 is 0.687 bits per heavy atom. The van der Waals surface area contributed by atoms with E-state index < -0.39 is 26.1 Å². The van der Waals surface area contributed by atoms with Gasteiger partial charge in [0.05, 0.1) is 40.7 Å². The summed E-state index contributed by atoms with van der Waals surface area (Å²) in [6.07, 6.45) is 3.51. The number of thiazole rings is 2. The van der Waals surface area contributed by atoms with E-state index in [1.807, 2.05) is 43.0 Å². The van der Waals surface area contributed by atoms with Gasteiger partial charge in [-0.05, 0) is 62.1 Å². The number of ketones is 2. The molecule has 0 amide bonds. The van der Waals surface area contributed by atoms with Crippen molar-refractivity contribution in [1.82, 2.24) is 45.0 Å². The maximum absolute atomic E-state index is 12.8. The fraction of sp³-hybridized carbons (Fsp3) is 0.391. The smallest absolute Gasteiger partial charge is 0.188 e. The molecule has 2 saturated heterocycles. The summed E-state index contributed by atoms with van der Waals surface area (Å²) in [6, 6.07) is 14.5. The molecule has 2 aliphatic heterocycles. The molecule has 0 atom stereocenters. The summed E-state index contributed by atoms with van der Waals surface area (Å²) in [5.74, 6) is 2.63. The summed E-state index contributed by atoms with van der Waals surface area (Å²) in [6.45, 7) is 0.0292. The lowest BCUT2D eigenvalue weighted by atomic mass is 10.0. The van der Waals surface area contributed by atoms with Gasteiger partial charge in [-0.15, -0.1) is 0 Å². The minimum Gasteiger partial charge on any atom is -0.395 e. The molecule has 6 aromatic rings. The number of hydrogen-bond donors (Lipinski definition) is 5. The third kappa shape index (κ3) is 15.7. The Morgan fingerprint density at radius 2 is 1.16 bits per heavy atom. The van der Waals surface area contributed by atoms with Crippen LogP contribution >= 0.6 is 57.5 Å². The minimum atomic E-state index is -2.97. The van der Waals surface area contributed by atoms with Crippen LogP contribution in [0.2, 0.25) is 15.2 Å². The molecule has 67 heavy (non-hydrogen) atoms. The van der Waals surface area contributed by atoms with E-state index in [2.05, 4.69) is 45.9 Å². The SMILES string of the molecule is Cc1nc(Cl)cc(Nc2ncc(C(=O)Cc3c(C)cccc3Cl)s2)n1.[2H]C([2H])(O)C([2H])([2H])N1CCN(c2cc(Nc3ncc(C(=O)Cc4c(C)cccc4Cl)s3)nc(C)n2)CC1.[2H]C([2H])(O)C([2H])([2H])N1CCNCC1. The number of carbonyl (C=O) groups excluding carboxylic acids is 2. The number of anilines is 5. The molecule has 0 radical (unpaired) electrons. The maximum atomic E-state index is 12.8. The van der Waals surface area contributed by atoms with E-state index >= 15 is 0 Å². The summed E-state index contributed by atoms with van der Waals surface area (Å²) in [4.78, 5) is 56.7. The van der Waals surface area contributed by atoms with Gasteiger partial charge in [0, 0.05) is 106 Å². The van der Waals surface area contributed by atoms with Crippen LogP contribution in [0.3, 0.4) is 0 Å². The normalized spacial score (nSPS) is 16.8.